The molecule has 3 heterocycles. The van der Waals surface area contributed by atoms with Crippen molar-refractivity contribution in [2.45, 2.75) is 78.4 Å². The molecule has 1 amide bonds. The number of fused-ring (bicyclic) bond motifs is 1. The third kappa shape index (κ3) is 6.22. The van der Waals surface area contributed by atoms with Gasteiger partial charge >= 0.3 is 12.1 Å². The summed E-state index contributed by atoms with van der Waals surface area (Å²) in [5.41, 5.74) is 3.16. The summed E-state index contributed by atoms with van der Waals surface area (Å²) in [6.07, 6.45) is 1.99. The number of ether oxygens (including phenoxy) is 3. The van der Waals surface area contributed by atoms with Gasteiger partial charge in [-0.25, -0.2) is 14.6 Å². The smallest absolute Gasteiger partial charge is 0.431 e. The Bertz CT molecular complexity index is 1680. The normalized spacial score (nSPS) is 15.8. The summed E-state index contributed by atoms with van der Waals surface area (Å²) >= 11 is 0. The van der Waals surface area contributed by atoms with Gasteiger partial charge in [0.1, 0.15) is 11.9 Å². The van der Waals surface area contributed by atoms with Gasteiger partial charge in [-0.2, -0.15) is 5.21 Å². The number of hydrogen-bond donors (Lipinski definition) is 1. The van der Waals surface area contributed by atoms with Gasteiger partial charge in [0.15, 0.2) is 5.54 Å². The molecule has 2 aromatic heterocycles. The van der Waals surface area contributed by atoms with Gasteiger partial charge in [-0.05, 0) is 54.7 Å². The number of nitrogens with zero attached hydrogens (tertiary/aromatic N) is 6. The highest BCUT2D eigenvalue weighted by molar-refractivity contribution is 5.89. The van der Waals surface area contributed by atoms with Gasteiger partial charge in [0.25, 0.3) is 0 Å². The summed E-state index contributed by atoms with van der Waals surface area (Å²) in [4.78, 5) is 45.6. The van der Waals surface area contributed by atoms with Crippen molar-refractivity contribution in [3.05, 3.63) is 65.7 Å². The first kappa shape index (κ1) is 32.3. The van der Waals surface area contributed by atoms with Crippen molar-refractivity contribution < 1.29 is 28.6 Å². The molecule has 13 nitrogen and oxygen atoms in total. The van der Waals surface area contributed by atoms with E-state index in [0.29, 0.717) is 42.9 Å². The van der Waals surface area contributed by atoms with Crippen LogP contribution in [-0.2, 0) is 42.2 Å². The molecule has 46 heavy (non-hydrogen) atoms. The van der Waals surface area contributed by atoms with Crippen molar-refractivity contribution in [1.82, 2.24) is 35.1 Å². The van der Waals surface area contributed by atoms with Crippen LogP contribution in [0.25, 0.3) is 28.2 Å². The molecule has 0 bridgehead atoms. The van der Waals surface area contributed by atoms with Crippen LogP contribution >= 0.6 is 0 Å². The number of hydrogen-bond acceptors (Lipinski definition) is 10. The standard InChI is InChI=1S/C33H39N7O6/c1-6-11-28-34-27-18-19-39(21(4)41)33(5,31(42)44-20-45-32(43)46-24(7-2)8-3)29(27)40(28)23-16-14-22(15-17-23)25-12-9-10-13-26(25)30-35-37-38-36-30/h9-10,12-17,24H,6-8,11,18-20H2,1-5H3,(H,35,36,37,38). The van der Waals surface area contributed by atoms with E-state index in [0.717, 1.165) is 34.6 Å². The summed E-state index contributed by atoms with van der Waals surface area (Å²) in [5.74, 6) is 0.216. The molecule has 0 saturated heterocycles. The van der Waals surface area contributed by atoms with Crippen LogP contribution in [0.15, 0.2) is 48.5 Å². The van der Waals surface area contributed by atoms with E-state index in [9.17, 15) is 14.4 Å². The van der Waals surface area contributed by atoms with Gasteiger partial charge in [0, 0.05) is 37.6 Å². The second kappa shape index (κ2) is 13.9. The van der Waals surface area contributed by atoms with E-state index in [-0.39, 0.29) is 18.6 Å². The van der Waals surface area contributed by atoms with E-state index in [1.54, 1.807) is 6.92 Å². The fraction of sp³-hybridized carbons (Fsp3) is 0.424. The number of nitrogens with one attached hydrogen (secondary N) is 1. The zero-order valence-corrected chi connectivity index (χ0v) is 26.8. The second-order valence-corrected chi connectivity index (χ2v) is 11.2. The van der Waals surface area contributed by atoms with Crippen molar-refractivity contribution in [1.29, 1.82) is 0 Å². The van der Waals surface area contributed by atoms with Crippen molar-refractivity contribution in [3.63, 3.8) is 0 Å². The Morgan fingerprint density at radius 2 is 1.72 bits per heavy atom. The number of aryl methyl sites for hydroxylation is 1. The number of esters is 1. The molecule has 13 heteroatoms. The van der Waals surface area contributed by atoms with Crippen LogP contribution in [0.2, 0.25) is 0 Å². The molecule has 1 N–H and O–H groups in total. The minimum atomic E-state index is -1.55. The lowest BCUT2D eigenvalue weighted by atomic mass is 9.88. The lowest BCUT2D eigenvalue weighted by Crippen LogP contribution is -2.57. The molecular weight excluding hydrogens is 590 g/mol. The van der Waals surface area contributed by atoms with Crippen LogP contribution in [0, 0.1) is 0 Å². The first-order valence-corrected chi connectivity index (χ1v) is 15.6. The molecule has 4 aromatic rings. The van der Waals surface area contributed by atoms with Crippen molar-refractivity contribution in [2.24, 2.45) is 0 Å². The number of carbonyl (C=O) groups excluding carboxylic acids is 3. The van der Waals surface area contributed by atoms with Crippen LogP contribution in [-0.4, -0.2) is 72.5 Å². The quantitative estimate of drug-likeness (QED) is 0.174. The molecule has 5 rings (SSSR count). The topological polar surface area (TPSA) is 154 Å². The van der Waals surface area contributed by atoms with Crippen LogP contribution < -0.4 is 0 Å². The van der Waals surface area contributed by atoms with Crippen LogP contribution in [0.1, 0.15) is 71.1 Å². The molecule has 242 valence electrons. The van der Waals surface area contributed by atoms with E-state index in [1.165, 1.54) is 11.8 Å². The number of imidazole rings is 1. The molecular formula is C33H39N7O6. The SMILES string of the molecule is CCCc1nc2c(n1-c1ccc(-c3ccccc3-c3nn[nH]n3)cc1)C(C)(C(=O)OCOC(=O)OC(CC)CC)N(C(C)=O)CC2. The molecule has 1 atom stereocenters. The molecule has 0 aliphatic carbocycles. The van der Waals surface area contributed by atoms with Gasteiger partial charge in [0.2, 0.25) is 18.5 Å². The third-order valence-corrected chi connectivity index (χ3v) is 8.33. The largest absolute Gasteiger partial charge is 0.511 e. The minimum Gasteiger partial charge on any atom is -0.431 e. The van der Waals surface area contributed by atoms with Crippen LogP contribution in [0.3, 0.4) is 0 Å². The number of H-pyrrole nitrogens is 1. The highest BCUT2D eigenvalue weighted by atomic mass is 16.8. The number of aromatic amines is 1. The maximum absolute atomic E-state index is 13.9. The summed E-state index contributed by atoms with van der Waals surface area (Å²) in [7, 11) is 0. The average molecular weight is 630 g/mol. The molecule has 2 aromatic carbocycles. The monoisotopic (exact) mass is 629 g/mol. The Morgan fingerprint density at radius 1 is 1.00 bits per heavy atom. The molecule has 1 aliphatic rings. The molecule has 0 fully saturated rings. The van der Waals surface area contributed by atoms with E-state index in [4.69, 9.17) is 19.2 Å². The maximum atomic E-state index is 13.9. The van der Waals surface area contributed by atoms with Gasteiger partial charge in [-0.3, -0.25) is 9.36 Å². The van der Waals surface area contributed by atoms with Crippen LogP contribution in [0.4, 0.5) is 4.79 Å². The first-order valence-electron chi connectivity index (χ1n) is 15.6. The number of carbonyl (C=O) groups is 3. The van der Waals surface area contributed by atoms with Crippen LogP contribution in [0.5, 0.6) is 0 Å². The van der Waals surface area contributed by atoms with Crippen molar-refractivity contribution >= 4 is 18.0 Å². The summed E-state index contributed by atoms with van der Waals surface area (Å²) < 4.78 is 17.8. The molecule has 1 aliphatic heterocycles. The Kier molecular flexibility index (Phi) is 9.78. The van der Waals surface area contributed by atoms with Crippen molar-refractivity contribution in [2.75, 3.05) is 13.3 Å². The predicted octanol–water partition coefficient (Wildman–Crippen LogP) is 5.13. The van der Waals surface area contributed by atoms with Crippen molar-refractivity contribution in [3.8, 4) is 28.2 Å². The van der Waals surface area contributed by atoms with Gasteiger partial charge < -0.3 is 19.1 Å². The summed E-state index contributed by atoms with van der Waals surface area (Å²) in [6.45, 7) is 8.56. The van der Waals surface area contributed by atoms with E-state index >= 15 is 0 Å². The number of aromatic nitrogens is 6. The molecule has 0 radical (unpaired) electrons. The van der Waals surface area contributed by atoms with Gasteiger partial charge in [-0.1, -0.05) is 57.2 Å². The van der Waals surface area contributed by atoms with E-state index in [2.05, 4.69) is 27.5 Å². The molecule has 0 saturated carbocycles. The summed E-state index contributed by atoms with van der Waals surface area (Å²) in [5, 5.41) is 14.5. The minimum absolute atomic E-state index is 0.278. The average Bonchev–Trinajstić information content (AvgIpc) is 3.73. The Labute approximate surface area is 267 Å². The number of amides is 1. The third-order valence-electron chi connectivity index (χ3n) is 8.33. The lowest BCUT2D eigenvalue weighted by molar-refractivity contribution is -0.173. The fourth-order valence-corrected chi connectivity index (χ4v) is 6.00. The highest BCUT2D eigenvalue weighted by Gasteiger charge is 2.51. The Morgan fingerprint density at radius 3 is 2.35 bits per heavy atom. The van der Waals surface area contributed by atoms with E-state index < -0.39 is 24.5 Å². The Hall–Kier alpha value is -5.07. The lowest BCUT2D eigenvalue weighted by Gasteiger charge is -2.42. The van der Waals surface area contributed by atoms with Gasteiger partial charge in [-0.15, -0.1) is 10.2 Å². The highest BCUT2D eigenvalue weighted by Crippen LogP contribution is 2.40. The molecule has 1 unspecified atom stereocenters. The second-order valence-electron chi connectivity index (χ2n) is 11.2. The number of rotatable bonds is 11. The zero-order valence-electron chi connectivity index (χ0n) is 26.8. The molecule has 0 spiro atoms. The maximum Gasteiger partial charge on any atom is 0.511 e. The van der Waals surface area contributed by atoms with E-state index in [1.807, 2.05) is 66.9 Å². The first-order chi connectivity index (χ1) is 22.2. The predicted molar refractivity (Wildman–Crippen MR) is 168 cm³/mol. The Balaban J connectivity index is 1.51. The number of benzene rings is 2. The number of tetrazole rings is 1. The van der Waals surface area contributed by atoms with Gasteiger partial charge in [0.05, 0.1) is 11.4 Å². The zero-order chi connectivity index (χ0) is 32.8. The summed E-state index contributed by atoms with van der Waals surface area (Å²) in [6, 6.07) is 15.7. The fourth-order valence-electron chi connectivity index (χ4n) is 6.00.